The second-order valence-corrected chi connectivity index (χ2v) is 5.62. The smallest absolute Gasteiger partial charge is 0.0945 e. The highest BCUT2D eigenvalue weighted by Crippen LogP contribution is 2.51. The van der Waals surface area contributed by atoms with Crippen molar-refractivity contribution in [1.29, 1.82) is 0 Å². The summed E-state index contributed by atoms with van der Waals surface area (Å²) < 4.78 is 6.50. The summed E-state index contributed by atoms with van der Waals surface area (Å²) in [5.41, 5.74) is -0.190. The first kappa shape index (κ1) is 12.4. The van der Waals surface area contributed by atoms with Crippen LogP contribution in [0.25, 0.3) is 0 Å². The molecule has 3 fully saturated rings. The van der Waals surface area contributed by atoms with Gasteiger partial charge in [0, 0.05) is 0 Å². The Morgan fingerprint density at radius 3 is 2.31 bits per heavy atom. The van der Waals surface area contributed by atoms with E-state index >= 15 is 0 Å². The van der Waals surface area contributed by atoms with Crippen LogP contribution in [0, 0.1) is 5.92 Å². The zero-order valence-electron chi connectivity index (χ0n) is 11.0. The van der Waals surface area contributed by atoms with Crippen molar-refractivity contribution in [1.82, 2.24) is 0 Å². The summed E-state index contributed by atoms with van der Waals surface area (Å²) in [7, 11) is 0. The molecule has 3 rings (SSSR count). The lowest BCUT2D eigenvalue weighted by Gasteiger charge is -2.51. The van der Waals surface area contributed by atoms with Crippen LogP contribution in [0.4, 0.5) is 0 Å². The van der Waals surface area contributed by atoms with Crippen LogP contribution < -0.4 is 0 Å². The van der Waals surface area contributed by atoms with Gasteiger partial charge in [0.2, 0.25) is 0 Å². The highest BCUT2D eigenvalue weighted by Gasteiger charge is 2.54. The normalized spacial score (nSPS) is 42.0. The fourth-order valence-electron chi connectivity index (χ4n) is 3.94. The lowest BCUT2D eigenvalue weighted by Crippen LogP contribution is -2.55. The van der Waals surface area contributed by atoms with Gasteiger partial charge in [0.05, 0.1) is 17.3 Å². The van der Waals surface area contributed by atoms with Crippen LogP contribution in [0.1, 0.15) is 65.7 Å². The molecule has 2 heteroatoms. The molecule has 1 aliphatic carbocycles. The summed E-state index contributed by atoms with van der Waals surface area (Å²) in [6, 6.07) is 0. The molecule has 2 nitrogen and oxygen atoms in total. The molecule has 1 saturated carbocycles. The molecule has 2 heterocycles. The van der Waals surface area contributed by atoms with E-state index in [1.54, 1.807) is 0 Å². The van der Waals surface area contributed by atoms with Crippen LogP contribution in [0.5, 0.6) is 0 Å². The Hall–Kier alpha value is -0.0800. The van der Waals surface area contributed by atoms with Crippen LogP contribution in [-0.4, -0.2) is 22.4 Å². The van der Waals surface area contributed by atoms with Crippen LogP contribution in [0.15, 0.2) is 0 Å². The van der Waals surface area contributed by atoms with Crippen LogP contribution >= 0.6 is 0 Å². The molecule has 0 radical (unpaired) electrons. The minimum atomic E-state index is -0.248. The second kappa shape index (κ2) is 4.30. The van der Waals surface area contributed by atoms with E-state index in [4.69, 9.17) is 4.74 Å². The third-order valence-electron chi connectivity index (χ3n) is 5.26. The maximum Gasteiger partial charge on any atom is 0.0945 e. The van der Waals surface area contributed by atoms with Gasteiger partial charge >= 0.3 is 0 Å². The minimum Gasteiger partial charge on any atom is -0.390 e. The highest BCUT2D eigenvalue weighted by molar-refractivity contribution is 5.03. The maximum absolute atomic E-state index is 10.3. The van der Waals surface area contributed by atoms with Crippen LogP contribution in [0.3, 0.4) is 0 Å². The van der Waals surface area contributed by atoms with Gasteiger partial charge in [-0.3, -0.25) is 0 Å². The molecule has 3 aliphatic rings. The zero-order valence-corrected chi connectivity index (χ0v) is 11.0. The van der Waals surface area contributed by atoms with Gasteiger partial charge in [0.1, 0.15) is 0 Å². The summed E-state index contributed by atoms with van der Waals surface area (Å²) in [6.07, 6.45) is 7.24. The third kappa shape index (κ3) is 1.62. The van der Waals surface area contributed by atoms with Crippen LogP contribution in [0.2, 0.25) is 0 Å². The van der Waals surface area contributed by atoms with Gasteiger partial charge in [-0.15, -0.1) is 0 Å². The molecule has 2 bridgehead atoms. The monoisotopic (exact) mass is 226 g/mol. The lowest BCUT2D eigenvalue weighted by atomic mass is 9.74. The Kier molecular flexibility index (Phi) is 3.33. The van der Waals surface area contributed by atoms with E-state index < -0.39 is 0 Å². The van der Waals surface area contributed by atoms with Gasteiger partial charge in [0.15, 0.2) is 0 Å². The molecule has 0 aromatic heterocycles. The van der Waals surface area contributed by atoms with E-state index in [0.717, 1.165) is 38.5 Å². The predicted molar refractivity (Wildman–Crippen MR) is 65.4 cm³/mol. The van der Waals surface area contributed by atoms with E-state index in [2.05, 4.69) is 20.8 Å². The highest BCUT2D eigenvalue weighted by atomic mass is 16.5. The average molecular weight is 226 g/mol. The SMILES string of the molecule is CCC12CCC(CCC1O)C(CC)(CC)O2. The predicted octanol–water partition coefficient (Wildman–Crippen LogP) is 3.28. The Morgan fingerprint density at radius 2 is 1.75 bits per heavy atom. The number of aliphatic hydroxyl groups is 1. The first-order chi connectivity index (χ1) is 7.62. The van der Waals surface area contributed by atoms with Gasteiger partial charge in [0.25, 0.3) is 0 Å². The van der Waals surface area contributed by atoms with Crippen molar-refractivity contribution in [3.8, 4) is 0 Å². The largest absolute Gasteiger partial charge is 0.390 e. The fourth-order valence-corrected chi connectivity index (χ4v) is 3.94. The molecule has 0 amide bonds. The molecular formula is C14H26O2. The summed E-state index contributed by atoms with van der Waals surface area (Å²) in [5, 5.41) is 10.3. The van der Waals surface area contributed by atoms with E-state index in [0.29, 0.717) is 5.92 Å². The van der Waals surface area contributed by atoms with E-state index in [1.807, 2.05) is 0 Å². The van der Waals surface area contributed by atoms with Gasteiger partial charge in [-0.25, -0.2) is 0 Å². The number of rotatable bonds is 3. The Labute approximate surface area is 99.4 Å². The standard InChI is InChI=1S/C14H26O2/c1-4-13(5-2)11-7-8-12(15)14(6-3,16-13)10-9-11/h11-12,15H,4-10H2,1-3H3. The van der Waals surface area contributed by atoms with Crippen molar-refractivity contribution in [2.24, 2.45) is 5.92 Å². The molecule has 1 N–H and O–H groups in total. The van der Waals surface area contributed by atoms with Crippen molar-refractivity contribution in [2.75, 3.05) is 0 Å². The van der Waals surface area contributed by atoms with Crippen molar-refractivity contribution in [3.05, 3.63) is 0 Å². The van der Waals surface area contributed by atoms with E-state index in [1.165, 1.54) is 6.42 Å². The average Bonchev–Trinajstić information content (AvgIpc) is 2.57. The molecule has 0 spiro atoms. The van der Waals surface area contributed by atoms with E-state index in [-0.39, 0.29) is 17.3 Å². The molecule has 0 aromatic carbocycles. The molecule has 16 heavy (non-hydrogen) atoms. The first-order valence-corrected chi connectivity index (χ1v) is 7.00. The first-order valence-electron chi connectivity index (χ1n) is 7.00. The van der Waals surface area contributed by atoms with Crippen LogP contribution in [-0.2, 0) is 4.74 Å². The van der Waals surface area contributed by atoms with Crippen molar-refractivity contribution < 1.29 is 9.84 Å². The lowest BCUT2D eigenvalue weighted by molar-refractivity contribution is -0.238. The van der Waals surface area contributed by atoms with Gasteiger partial charge in [-0.05, 0) is 50.9 Å². The molecular weight excluding hydrogens is 200 g/mol. The summed E-state index contributed by atoms with van der Waals surface area (Å²) in [6.45, 7) is 6.63. The van der Waals surface area contributed by atoms with Gasteiger partial charge < -0.3 is 9.84 Å². The number of hydrogen-bond acceptors (Lipinski definition) is 2. The Balaban J connectivity index is 2.34. The topological polar surface area (TPSA) is 29.5 Å². The maximum atomic E-state index is 10.3. The summed E-state index contributed by atoms with van der Waals surface area (Å²) in [4.78, 5) is 0. The summed E-state index contributed by atoms with van der Waals surface area (Å²) >= 11 is 0. The Bertz CT molecular complexity index is 242. The molecule has 2 saturated heterocycles. The molecule has 0 aromatic rings. The van der Waals surface area contributed by atoms with E-state index in [9.17, 15) is 5.11 Å². The minimum absolute atomic E-state index is 0.0474. The molecule has 94 valence electrons. The number of hydrogen-bond donors (Lipinski definition) is 1. The molecule has 3 atom stereocenters. The second-order valence-electron chi connectivity index (χ2n) is 5.62. The van der Waals surface area contributed by atoms with Crippen molar-refractivity contribution in [2.45, 2.75) is 83.0 Å². The molecule has 3 unspecified atom stereocenters. The van der Waals surface area contributed by atoms with Crippen molar-refractivity contribution in [3.63, 3.8) is 0 Å². The quantitative estimate of drug-likeness (QED) is 0.800. The fraction of sp³-hybridized carbons (Fsp3) is 1.00. The zero-order chi connectivity index (χ0) is 11.8. The molecule has 2 aliphatic heterocycles. The van der Waals surface area contributed by atoms with Gasteiger partial charge in [-0.1, -0.05) is 20.8 Å². The number of ether oxygens (including phenoxy) is 1. The number of aliphatic hydroxyl groups excluding tert-OH is 1. The van der Waals surface area contributed by atoms with Gasteiger partial charge in [-0.2, -0.15) is 0 Å². The Morgan fingerprint density at radius 1 is 1.06 bits per heavy atom. The van der Waals surface area contributed by atoms with Crippen molar-refractivity contribution >= 4 is 0 Å². The third-order valence-corrected chi connectivity index (χ3v) is 5.26. The summed E-state index contributed by atoms with van der Waals surface area (Å²) in [5.74, 6) is 0.666. The number of fused-ring (bicyclic) bond motifs is 4.